The molecule has 0 radical (unpaired) electrons. The highest BCUT2D eigenvalue weighted by atomic mass is 16.3. The lowest BCUT2D eigenvalue weighted by molar-refractivity contribution is 0.102. The van der Waals surface area contributed by atoms with Crippen molar-refractivity contribution in [1.29, 1.82) is 0 Å². The first kappa shape index (κ1) is 23.5. The summed E-state index contributed by atoms with van der Waals surface area (Å²) in [5.74, 6) is 0.0568. The van der Waals surface area contributed by atoms with Crippen molar-refractivity contribution in [3.8, 4) is 17.0 Å². The lowest BCUT2D eigenvalue weighted by Gasteiger charge is -2.19. The molecule has 1 fully saturated rings. The van der Waals surface area contributed by atoms with Gasteiger partial charge in [0.1, 0.15) is 5.75 Å². The van der Waals surface area contributed by atoms with Gasteiger partial charge in [-0.3, -0.25) is 4.79 Å². The van der Waals surface area contributed by atoms with Crippen LogP contribution in [0.25, 0.3) is 11.3 Å². The number of hydrogen-bond acceptors (Lipinski definition) is 4. The molecule has 0 unspecified atom stereocenters. The molecular formula is C27H32N4O3. The Morgan fingerprint density at radius 1 is 1.09 bits per heavy atom. The minimum Gasteiger partial charge on any atom is -0.507 e. The minimum atomic E-state index is -0.254. The van der Waals surface area contributed by atoms with Crippen molar-refractivity contribution in [2.75, 3.05) is 11.9 Å². The maximum Gasteiger partial charge on any atom is 0.342 e. The molecule has 7 heteroatoms. The number of carbonyl (C=O) groups is 2. The number of amides is 2. The second-order valence-corrected chi connectivity index (χ2v) is 9.89. The summed E-state index contributed by atoms with van der Waals surface area (Å²) < 4.78 is 1.42. The van der Waals surface area contributed by atoms with Crippen molar-refractivity contribution in [3.63, 3.8) is 0 Å². The Labute approximate surface area is 200 Å². The number of phenols is 1. The first-order valence-electron chi connectivity index (χ1n) is 11.8. The molecule has 3 aromatic rings. The van der Waals surface area contributed by atoms with Crippen LogP contribution in [0.5, 0.6) is 5.75 Å². The summed E-state index contributed by atoms with van der Waals surface area (Å²) in [5, 5.41) is 20.9. The van der Waals surface area contributed by atoms with E-state index >= 15 is 0 Å². The molecule has 0 bridgehead atoms. The van der Waals surface area contributed by atoms with Crippen LogP contribution in [0.2, 0.25) is 0 Å². The summed E-state index contributed by atoms with van der Waals surface area (Å²) in [5.41, 5.74) is 4.09. The fourth-order valence-corrected chi connectivity index (χ4v) is 3.82. The Bertz CT molecular complexity index is 1200. The molecular weight excluding hydrogens is 428 g/mol. The highest BCUT2D eigenvalue weighted by Crippen LogP contribution is 2.42. The highest BCUT2D eigenvalue weighted by molar-refractivity contribution is 6.04. The van der Waals surface area contributed by atoms with Gasteiger partial charge in [-0.25, -0.2) is 4.79 Å². The molecule has 1 aromatic heterocycles. The van der Waals surface area contributed by atoms with Gasteiger partial charge < -0.3 is 15.7 Å². The van der Waals surface area contributed by atoms with Crippen molar-refractivity contribution in [2.45, 2.75) is 58.3 Å². The zero-order chi connectivity index (χ0) is 24.5. The summed E-state index contributed by atoms with van der Waals surface area (Å²) in [4.78, 5) is 25.2. The summed E-state index contributed by atoms with van der Waals surface area (Å²) in [6, 6.07) is 14.1. The standard InChI is InChI=1S/C27H32N4O3/c1-5-14-28-26(34)31-23(17-6-7-17)16-22(30-31)21-13-12-20(15-24(21)32)29-25(33)18-8-10-19(11-9-18)27(2,3)4/h8-13,15-17,32H,5-7,14H2,1-4H3,(H,28,34)(H,29,33). The van der Waals surface area contributed by atoms with Crippen molar-refractivity contribution in [3.05, 3.63) is 65.4 Å². The number of phenolic OH excluding ortho intramolecular Hbond substituents is 1. The molecule has 1 heterocycles. The maximum atomic E-state index is 12.7. The first-order chi connectivity index (χ1) is 16.2. The van der Waals surface area contributed by atoms with Crippen LogP contribution < -0.4 is 10.6 Å². The molecule has 1 aliphatic rings. The van der Waals surface area contributed by atoms with Crippen LogP contribution in [0.15, 0.2) is 48.5 Å². The van der Waals surface area contributed by atoms with Crippen LogP contribution in [0.4, 0.5) is 10.5 Å². The Balaban J connectivity index is 1.52. The third-order valence-corrected chi connectivity index (χ3v) is 6.00. The van der Waals surface area contributed by atoms with Crippen LogP contribution in [-0.2, 0) is 5.41 Å². The summed E-state index contributed by atoms with van der Waals surface area (Å²) in [6.07, 6.45) is 2.90. The molecule has 2 aromatic carbocycles. The second kappa shape index (κ2) is 9.33. The van der Waals surface area contributed by atoms with Gasteiger partial charge in [0.2, 0.25) is 0 Å². The van der Waals surface area contributed by atoms with E-state index in [0.29, 0.717) is 35.0 Å². The van der Waals surface area contributed by atoms with Crippen LogP contribution in [-0.4, -0.2) is 33.4 Å². The predicted molar refractivity (Wildman–Crippen MR) is 133 cm³/mol. The summed E-state index contributed by atoms with van der Waals surface area (Å²) >= 11 is 0. The van der Waals surface area contributed by atoms with Gasteiger partial charge in [-0.2, -0.15) is 9.78 Å². The van der Waals surface area contributed by atoms with Gasteiger partial charge in [-0.15, -0.1) is 0 Å². The van der Waals surface area contributed by atoms with E-state index in [4.69, 9.17) is 0 Å². The van der Waals surface area contributed by atoms with Crippen LogP contribution in [0.3, 0.4) is 0 Å². The van der Waals surface area contributed by atoms with E-state index in [0.717, 1.165) is 30.5 Å². The Morgan fingerprint density at radius 2 is 1.79 bits per heavy atom. The SMILES string of the molecule is CCCNC(=O)n1nc(-c2ccc(NC(=O)c3ccc(C(C)(C)C)cc3)cc2O)cc1C1CC1. The molecule has 2 amide bonds. The molecule has 0 atom stereocenters. The van der Waals surface area contributed by atoms with E-state index in [2.05, 4.69) is 36.5 Å². The number of anilines is 1. The van der Waals surface area contributed by atoms with Gasteiger partial charge in [0, 0.05) is 35.3 Å². The zero-order valence-electron chi connectivity index (χ0n) is 20.2. The molecule has 0 saturated heterocycles. The van der Waals surface area contributed by atoms with Crippen molar-refractivity contribution >= 4 is 17.6 Å². The van der Waals surface area contributed by atoms with Gasteiger partial charge >= 0.3 is 6.03 Å². The monoisotopic (exact) mass is 460 g/mol. The lowest BCUT2D eigenvalue weighted by Crippen LogP contribution is -2.31. The number of nitrogens with one attached hydrogen (secondary N) is 2. The van der Waals surface area contributed by atoms with Crippen LogP contribution in [0.1, 0.15) is 74.5 Å². The minimum absolute atomic E-state index is 0.0122. The maximum absolute atomic E-state index is 12.7. The molecule has 7 nitrogen and oxygen atoms in total. The van der Waals surface area contributed by atoms with Gasteiger partial charge in [0.15, 0.2) is 0 Å². The number of rotatable bonds is 6. The zero-order valence-corrected chi connectivity index (χ0v) is 20.2. The van der Waals surface area contributed by atoms with Crippen molar-refractivity contribution in [2.24, 2.45) is 0 Å². The number of aromatic nitrogens is 2. The number of hydrogen-bond donors (Lipinski definition) is 3. The average molecular weight is 461 g/mol. The second-order valence-electron chi connectivity index (χ2n) is 9.89. The molecule has 1 aliphatic carbocycles. The van der Waals surface area contributed by atoms with E-state index in [9.17, 15) is 14.7 Å². The van der Waals surface area contributed by atoms with E-state index in [-0.39, 0.29) is 23.1 Å². The molecule has 34 heavy (non-hydrogen) atoms. The van der Waals surface area contributed by atoms with Gasteiger partial charge in [-0.1, -0.05) is 39.8 Å². The molecule has 1 saturated carbocycles. The lowest BCUT2D eigenvalue weighted by atomic mass is 9.87. The number of nitrogens with zero attached hydrogens (tertiary/aromatic N) is 2. The Hall–Kier alpha value is -3.61. The largest absolute Gasteiger partial charge is 0.507 e. The van der Waals surface area contributed by atoms with E-state index in [1.54, 1.807) is 24.3 Å². The number of carbonyl (C=O) groups excluding carboxylic acids is 2. The fourth-order valence-electron chi connectivity index (χ4n) is 3.82. The summed E-state index contributed by atoms with van der Waals surface area (Å²) in [6.45, 7) is 8.95. The van der Waals surface area contributed by atoms with Gasteiger partial charge in [-0.05, 0) is 60.6 Å². The first-order valence-corrected chi connectivity index (χ1v) is 11.8. The predicted octanol–water partition coefficient (Wildman–Crippen LogP) is 5.65. The van der Waals surface area contributed by atoms with Gasteiger partial charge in [0.05, 0.1) is 11.4 Å². The Morgan fingerprint density at radius 3 is 2.38 bits per heavy atom. The number of aromatic hydroxyl groups is 1. The molecule has 4 rings (SSSR count). The van der Waals surface area contributed by atoms with E-state index in [1.807, 2.05) is 25.1 Å². The highest BCUT2D eigenvalue weighted by Gasteiger charge is 2.30. The molecule has 0 aliphatic heterocycles. The average Bonchev–Trinajstić information content (AvgIpc) is 3.55. The normalized spacial score (nSPS) is 13.5. The molecule has 3 N–H and O–H groups in total. The quantitative estimate of drug-likeness (QED) is 0.443. The van der Waals surface area contributed by atoms with Crippen LogP contribution >= 0.6 is 0 Å². The molecule has 178 valence electrons. The third kappa shape index (κ3) is 5.14. The Kier molecular flexibility index (Phi) is 6.46. The van der Waals surface area contributed by atoms with Crippen molar-refractivity contribution < 1.29 is 14.7 Å². The third-order valence-electron chi connectivity index (χ3n) is 6.00. The molecule has 0 spiro atoms. The topological polar surface area (TPSA) is 96.3 Å². The number of benzene rings is 2. The van der Waals surface area contributed by atoms with E-state index < -0.39 is 0 Å². The van der Waals surface area contributed by atoms with E-state index in [1.165, 1.54) is 10.7 Å². The smallest absolute Gasteiger partial charge is 0.342 e. The van der Waals surface area contributed by atoms with Crippen molar-refractivity contribution in [1.82, 2.24) is 15.1 Å². The summed E-state index contributed by atoms with van der Waals surface area (Å²) in [7, 11) is 0. The van der Waals surface area contributed by atoms with Crippen LogP contribution in [0, 0.1) is 0 Å². The van der Waals surface area contributed by atoms with Gasteiger partial charge in [0.25, 0.3) is 5.91 Å². The fraction of sp³-hybridized carbons (Fsp3) is 0.370.